The standard InChI is InChI=1S/C49H31BN2O/c1-30-20-23-35(24-21-30)52-42-19-11-10-18-37(42)40-28-39(31-12-4-2-5-13-31)46-38-25-22-32-14-8-9-17-36(32)48(38)51-43-26-34-27-44(33-15-6-3-7-16-33)53-45(34)29-41(43)50(52)47(40)49(46)51/h2-29H,1H3. The molecule has 0 unspecified atom stereocenters. The van der Waals surface area contributed by atoms with Crippen molar-refractivity contribution in [3.05, 3.63) is 175 Å². The molecule has 10 aromatic rings. The predicted octanol–water partition coefficient (Wildman–Crippen LogP) is 11.6. The SMILES string of the molecule is Cc1ccc(N2B3c4cc5oc(-c6ccccc6)cc5cc4-n4c5c3c(cc(-c3ccccc3)c5c3ccc5ccccc5c34)-c3ccccc32)cc1. The fourth-order valence-electron chi connectivity index (χ4n) is 9.30. The molecule has 0 fully saturated rings. The maximum atomic E-state index is 6.74. The fraction of sp³-hybridized carbons (Fsp3) is 0.0204. The number of nitrogens with zero attached hydrogens (tertiary/aromatic N) is 2. The molecule has 2 aromatic heterocycles. The number of benzene rings is 8. The number of anilines is 2. The summed E-state index contributed by atoms with van der Waals surface area (Å²) in [4.78, 5) is 2.57. The van der Waals surface area contributed by atoms with E-state index in [-0.39, 0.29) is 6.85 Å². The van der Waals surface area contributed by atoms with Crippen molar-refractivity contribution in [1.82, 2.24) is 4.57 Å². The van der Waals surface area contributed by atoms with Crippen LogP contribution < -0.4 is 15.7 Å². The van der Waals surface area contributed by atoms with Crippen LogP contribution in [0.1, 0.15) is 5.56 Å². The molecule has 0 amide bonds. The lowest BCUT2D eigenvalue weighted by Gasteiger charge is -2.42. The number of rotatable bonds is 3. The van der Waals surface area contributed by atoms with Gasteiger partial charge in [0.2, 0.25) is 0 Å². The van der Waals surface area contributed by atoms with E-state index in [1.807, 2.05) is 0 Å². The maximum absolute atomic E-state index is 6.74. The fourth-order valence-corrected chi connectivity index (χ4v) is 9.30. The molecule has 246 valence electrons. The zero-order chi connectivity index (χ0) is 34.8. The Bertz CT molecular complexity index is 3120. The third kappa shape index (κ3) is 3.95. The summed E-state index contributed by atoms with van der Waals surface area (Å²) in [5.74, 6) is 0.879. The van der Waals surface area contributed by atoms with Gasteiger partial charge in [0.1, 0.15) is 11.3 Å². The minimum atomic E-state index is -0.0947. The molecule has 0 spiro atoms. The number of hydrogen-bond donors (Lipinski definition) is 0. The predicted molar refractivity (Wildman–Crippen MR) is 223 cm³/mol. The first-order chi connectivity index (χ1) is 26.2. The topological polar surface area (TPSA) is 21.3 Å². The van der Waals surface area contributed by atoms with Crippen LogP contribution in [0, 0.1) is 6.92 Å². The van der Waals surface area contributed by atoms with Gasteiger partial charge in [-0.15, -0.1) is 0 Å². The molecule has 0 saturated carbocycles. The summed E-state index contributed by atoms with van der Waals surface area (Å²) in [7, 11) is 0. The lowest BCUT2D eigenvalue weighted by atomic mass is 9.43. The number of hydrogen-bond acceptors (Lipinski definition) is 2. The molecule has 12 rings (SSSR count). The first-order valence-corrected chi connectivity index (χ1v) is 18.4. The maximum Gasteiger partial charge on any atom is 0.333 e. The lowest BCUT2D eigenvalue weighted by Crippen LogP contribution is -2.60. The number of furan rings is 1. The highest BCUT2D eigenvalue weighted by molar-refractivity contribution is 6.94. The molecular formula is C49H31BN2O. The highest BCUT2D eigenvalue weighted by atomic mass is 16.3. The van der Waals surface area contributed by atoms with Gasteiger partial charge in [0.05, 0.1) is 11.0 Å². The van der Waals surface area contributed by atoms with Crippen LogP contribution >= 0.6 is 0 Å². The van der Waals surface area contributed by atoms with E-state index in [1.165, 1.54) is 88.4 Å². The summed E-state index contributed by atoms with van der Waals surface area (Å²) in [5.41, 5.74) is 16.9. The van der Waals surface area contributed by atoms with Crippen LogP contribution in [0.3, 0.4) is 0 Å². The van der Waals surface area contributed by atoms with Gasteiger partial charge < -0.3 is 13.8 Å². The number of aromatic nitrogens is 1. The highest BCUT2D eigenvalue weighted by Gasteiger charge is 2.45. The van der Waals surface area contributed by atoms with Crippen molar-refractivity contribution in [1.29, 1.82) is 0 Å². The zero-order valence-electron chi connectivity index (χ0n) is 29.0. The minimum Gasteiger partial charge on any atom is -0.456 e. The summed E-state index contributed by atoms with van der Waals surface area (Å²) >= 11 is 0. The molecule has 53 heavy (non-hydrogen) atoms. The molecule has 0 N–H and O–H groups in total. The van der Waals surface area contributed by atoms with Crippen molar-refractivity contribution < 1.29 is 4.42 Å². The van der Waals surface area contributed by atoms with E-state index in [0.717, 1.165) is 22.3 Å². The number of para-hydroxylation sites is 1. The molecule has 2 aliphatic rings. The Morgan fingerprint density at radius 3 is 2.08 bits per heavy atom. The Morgan fingerprint density at radius 2 is 1.25 bits per heavy atom. The van der Waals surface area contributed by atoms with Gasteiger partial charge in [0.25, 0.3) is 0 Å². The first-order valence-electron chi connectivity index (χ1n) is 18.4. The summed E-state index contributed by atoms with van der Waals surface area (Å²) in [6, 6.07) is 62.3. The van der Waals surface area contributed by atoms with Crippen LogP contribution in [0.15, 0.2) is 174 Å². The second-order valence-electron chi connectivity index (χ2n) is 14.5. The molecule has 0 radical (unpaired) electrons. The average molecular weight is 675 g/mol. The lowest BCUT2D eigenvalue weighted by molar-refractivity contribution is 0.632. The minimum absolute atomic E-state index is 0.0947. The van der Waals surface area contributed by atoms with Crippen LogP contribution in [0.25, 0.3) is 82.8 Å². The molecular weight excluding hydrogens is 643 g/mol. The van der Waals surface area contributed by atoms with Gasteiger partial charge in [-0.3, -0.25) is 0 Å². The van der Waals surface area contributed by atoms with Gasteiger partial charge in [-0.25, -0.2) is 0 Å². The molecule has 0 aliphatic carbocycles. The van der Waals surface area contributed by atoms with Crippen molar-refractivity contribution in [2.24, 2.45) is 0 Å². The Labute approximate surface area is 307 Å². The van der Waals surface area contributed by atoms with Gasteiger partial charge in [0.15, 0.2) is 0 Å². The van der Waals surface area contributed by atoms with Crippen LogP contribution in [-0.2, 0) is 0 Å². The van der Waals surface area contributed by atoms with E-state index in [4.69, 9.17) is 4.42 Å². The molecule has 4 heterocycles. The number of fused-ring (bicyclic) bond motifs is 11. The highest BCUT2D eigenvalue weighted by Crippen LogP contribution is 2.49. The Kier molecular flexibility index (Phi) is 5.79. The van der Waals surface area contributed by atoms with Crippen molar-refractivity contribution in [3.63, 3.8) is 0 Å². The van der Waals surface area contributed by atoms with Crippen LogP contribution in [0.5, 0.6) is 0 Å². The molecule has 0 bridgehead atoms. The monoisotopic (exact) mass is 674 g/mol. The summed E-state index contributed by atoms with van der Waals surface area (Å²) in [6.45, 7) is 2.07. The van der Waals surface area contributed by atoms with Crippen LogP contribution in [0.4, 0.5) is 11.4 Å². The molecule has 2 aliphatic heterocycles. The van der Waals surface area contributed by atoms with E-state index in [0.29, 0.717) is 0 Å². The van der Waals surface area contributed by atoms with E-state index < -0.39 is 0 Å². The largest absolute Gasteiger partial charge is 0.456 e. The van der Waals surface area contributed by atoms with Crippen LogP contribution in [-0.4, -0.2) is 11.4 Å². The van der Waals surface area contributed by atoms with Crippen LogP contribution in [0.2, 0.25) is 0 Å². The van der Waals surface area contributed by atoms with Crippen molar-refractivity contribution >= 4 is 72.7 Å². The summed E-state index contributed by atoms with van der Waals surface area (Å²) in [5, 5.41) is 6.15. The first kappa shape index (κ1) is 28.9. The quantitative estimate of drug-likeness (QED) is 0.174. The third-order valence-electron chi connectivity index (χ3n) is 11.6. The molecule has 4 heteroatoms. The van der Waals surface area contributed by atoms with Crippen molar-refractivity contribution in [2.45, 2.75) is 6.92 Å². The summed E-state index contributed by atoms with van der Waals surface area (Å²) < 4.78 is 9.33. The molecule has 3 nitrogen and oxygen atoms in total. The Hall–Kier alpha value is -6.78. The molecule has 0 atom stereocenters. The molecule has 8 aromatic carbocycles. The van der Waals surface area contributed by atoms with Gasteiger partial charge in [-0.2, -0.15) is 0 Å². The Morgan fingerprint density at radius 1 is 0.509 bits per heavy atom. The second kappa shape index (κ2) is 10.6. The van der Waals surface area contributed by atoms with E-state index >= 15 is 0 Å². The van der Waals surface area contributed by atoms with Gasteiger partial charge in [0, 0.05) is 49.7 Å². The van der Waals surface area contributed by atoms with Gasteiger partial charge in [-0.05, 0) is 82.4 Å². The normalized spacial score (nSPS) is 12.9. The van der Waals surface area contributed by atoms with Gasteiger partial charge in [-0.1, -0.05) is 133 Å². The molecule has 0 saturated heterocycles. The Balaban J connectivity index is 1.31. The van der Waals surface area contributed by atoms with E-state index in [1.54, 1.807) is 0 Å². The smallest absolute Gasteiger partial charge is 0.333 e. The van der Waals surface area contributed by atoms with Gasteiger partial charge >= 0.3 is 6.85 Å². The van der Waals surface area contributed by atoms with Crippen molar-refractivity contribution in [2.75, 3.05) is 4.81 Å². The summed E-state index contributed by atoms with van der Waals surface area (Å²) in [6.07, 6.45) is 0. The number of aryl methyl sites for hydroxylation is 1. The van der Waals surface area contributed by atoms with E-state index in [2.05, 4.69) is 186 Å². The average Bonchev–Trinajstić information content (AvgIpc) is 3.80. The second-order valence-corrected chi connectivity index (χ2v) is 14.5. The van der Waals surface area contributed by atoms with E-state index in [9.17, 15) is 0 Å². The van der Waals surface area contributed by atoms with Crippen molar-refractivity contribution in [3.8, 4) is 39.3 Å². The third-order valence-corrected chi connectivity index (χ3v) is 11.6. The zero-order valence-corrected chi connectivity index (χ0v) is 29.0.